The van der Waals surface area contributed by atoms with Gasteiger partial charge in [0.2, 0.25) is 5.91 Å². The maximum atomic E-state index is 12.6. The lowest BCUT2D eigenvalue weighted by molar-refractivity contribution is -0.127. The van der Waals surface area contributed by atoms with Gasteiger partial charge in [0.25, 0.3) is 5.91 Å². The average molecular weight is 368 g/mol. The molecule has 1 N–H and O–H groups in total. The number of hydrogen-bond donors (Lipinski definition) is 1. The second-order valence-electron chi connectivity index (χ2n) is 6.17. The van der Waals surface area contributed by atoms with Crippen molar-refractivity contribution in [2.45, 2.75) is 20.0 Å². The highest BCUT2D eigenvalue weighted by molar-refractivity contribution is 6.07. The van der Waals surface area contributed by atoms with E-state index in [1.165, 1.54) is 18.9 Å². The largest absolute Gasteiger partial charge is 0.495 e. The molecular weight excluding hydrogens is 348 g/mol. The minimum absolute atomic E-state index is 0.137. The van der Waals surface area contributed by atoms with E-state index in [4.69, 9.17) is 9.47 Å². The van der Waals surface area contributed by atoms with E-state index < -0.39 is 6.10 Å². The highest BCUT2D eigenvalue weighted by atomic mass is 16.5. The van der Waals surface area contributed by atoms with Crippen LogP contribution in [0.4, 0.5) is 11.4 Å². The number of methoxy groups -OCH3 is 1. The molecule has 0 spiro atoms. The van der Waals surface area contributed by atoms with Crippen LogP contribution in [0.5, 0.6) is 11.5 Å². The Morgan fingerprint density at radius 1 is 1.22 bits per heavy atom. The Balaban J connectivity index is 1.87. The van der Waals surface area contributed by atoms with Crippen LogP contribution in [-0.4, -0.2) is 37.4 Å². The zero-order chi connectivity index (χ0) is 19.6. The standard InChI is InChI=1S/C20H20N2O5/c1-12(23)14-8-9-18-16(10-14)22(20(25)13(2)27-18)11-19(24)21-15-6-4-5-7-17(15)26-3/h4-10,13H,11H2,1-3H3,(H,21,24). The first kappa shape index (κ1) is 18.4. The van der Waals surface area contributed by atoms with E-state index in [1.54, 1.807) is 49.4 Å². The zero-order valence-corrected chi connectivity index (χ0v) is 15.3. The van der Waals surface area contributed by atoms with Crippen molar-refractivity contribution in [3.8, 4) is 11.5 Å². The van der Waals surface area contributed by atoms with Gasteiger partial charge >= 0.3 is 0 Å². The van der Waals surface area contributed by atoms with Gasteiger partial charge in [-0.2, -0.15) is 0 Å². The third kappa shape index (κ3) is 3.76. The number of benzene rings is 2. The van der Waals surface area contributed by atoms with Crippen molar-refractivity contribution in [1.29, 1.82) is 0 Å². The number of nitrogens with one attached hydrogen (secondary N) is 1. The molecule has 1 atom stereocenters. The Kier molecular flexibility index (Phi) is 5.12. The van der Waals surface area contributed by atoms with E-state index in [0.29, 0.717) is 28.4 Å². The number of rotatable bonds is 5. The minimum Gasteiger partial charge on any atom is -0.495 e. The van der Waals surface area contributed by atoms with Crippen molar-refractivity contribution in [1.82, 2.24) is 0 Å². The SMILES string of the molecule is COc1ccccc1NC(=O)CN1C(=O)C(C)Oc2ccc(C(C)=O)cc21. The second-order valence-corrected chi connectivity index (χ2v) is 6.17. The fraction of sp³-hybridized carbons (Fsp3) is 0.250. The lowest BCUT2D eigenvalue weighted by atomic mass is 10.1. The minimum atomic E-state index is -0.722. The second kappa shape index (κ2) is 7.49. The number of amides is 2. The Bertz CT molecular complexity index is 909. The first-order chi connectivity index (χ1) is 12.9. The molecule has 7 heteroatoms. The number of Topliss-reactive ketones (excluding diaryl/α,β-unsaturated/α-hetero) is 1. The van der Waals surface area contributed by atoms with Crippen molar-refractivity contribution in [2.24, 2.45) is 0 Å². The molecule has 0 saturated heterocycles. The van der Waals surface area contributed by atoms with E-state index in [2.05, 4.69) is 5.32 Å². The van der Waals surface area contributed by atoms with Gasteiger partial charge in [0.15, 0.2) is 11.9 Å². The van der Waals surface area contributed by atoms with Crippen LogP contribution < -0.4 is 19.7 Å². The number of para-hydroxylation sites is 2. The highest BCUT2D eigenvalue weighted by Crippen LogP contribution is 2.35. The summed E-state index contributed by atoms with van der Waals surface area (Å²) in [5, 5.41) is 2.75. The number of nitrogens with zero attached hydrogens (tertiary/aromatic N) is 1. The monoisotopic (exact) mass is 368 g/mol. The molecule has 3 rings (SSSR count). The van der Waals surface area contributed by atoms with E-state index >= 15 is 0 Å². The molecule has 0 saturated carbocycles. The molecule has 0 aromatic heterocycles. The molecule has 0 radical (unpaired) electrons. The third-order valence-corrected chi connectivity index (χ3v) is 4.26. The molecule has 2 aromatic carbocycles. The molecule has 2 aromatic rings. The summed E-state index contributed by atoms with van der Waals surface area (Å²) in [5.41, 5.74) is 1.35. The maximum absolute atomic E-state index is 12.6. The van der Waals surface area contributed by atoms with E-state index in [1.807, 2.05) is 0 Å². The van der Waals surface area contributed by atoms with Crippen LogP contribution >= 0.6 is 0 Å². The van der Waals surface area contributed by atoms with Crippen LogP contribution in [0.25, 0.3) is 0 Å². The maximum Gasteiger partial charge on any atom is 0.268 e. The topological polar surface area (TPSA) is 84.9 Å². The molecule has 1 aliphatic heterocycles. The number of ether oxygens (including phenoxy) is 2. The number of carbonyl (C=O) groups excluding carboxylic acids is 3. The Labute approximate surface area is 156 Å². The molecule has 0 bridgehead atoms. The van der Waals surface area contributed by atoms with Gasteiger partial charge in [0.1, 0.15) is 18.0 Å². The number of carbonyl (C=O) groups is 3. The zero-order valence-electron chi connectivity index (χ0n) is 15.3. The molecule has 0 fully saturated rings. The van der Waals surface area contributed by atoms with Gasteiger partial charge in [0.05, 0.1) is 18.5 Å². The van der Waals surface area contributed by atoms with Crippen molar-refractivity contribution in [3.05, 3.63) is 48.0 Å². The fourth-order valence-corrected chi connectivity index (χ4v) is 2.87. The quantitative estimate of drug-likeness (QED) is 0.820. The number of ketones is 1. The van der Waals surface area contributed by atoms with Crippen molar-refractivity contribution in [2.75, 3.05) is 23.9 Å². The molecule has 1 heterocycles. The summed E-state index contributed by atoms with van der Waals surface area (Å²) in [6.45, 7) is 2.85. The summed E-state index contributed by atoms with van der Waals surface area (Å²) < 4.78 is 10.8. The normalized spacial score (nSPS) is 15.6. The molecular formula is C20H20N2O5. The lowest BCUT2D eigenvalue weighted by Gasteiger charge is -2.32. The number of fused-ring (bicyclic) bond motifs is 1. The van der Waals surface area contributed by atoms with Gasteiger partial charge in [-0.15, -0.1) is 0 Å². The molecule has 2 amide bonds. The summed E-state index contributed by atoms with van der Waals surface area (Å²) in [5.74, 6) is 0.103. The molecule has 1 unspecified atom stereocenters. The van der Waals surface area contributed by atoms with E-state index in [0.717, 1.165) is 0 Å². The first-order valence-electron chi connectivity index (χ1n) is 8.46. The predicted octanol–water partition coefficient (Wildman–Crippen LogP) is 2.65. The smallest absolute Gasteiger partial charge is 0.268 e. The van der Waals surface area contributed by atoms with Crippen LogP contribution in [0.1, 0.15) is 24.2 Å². The predicted molar refractivity (Wildman–Crippen MR) is 101 cm³/mol. The summed E-state index contributed by atoms with van der Waals surface area (Å²) in [6.07, 6.45) is -0.722. The van der Waals surface area contributed by atoms with Gasteiger partial charge in [-0.25, -0.2) is 0 Å². The summed E-state index contributed by atoms with van der Waals surface area (Å²) >= 11 is 0. The number of hydrogen-bond acceptors (Lipinski definition) is 5. The Morgan fingerprint density at radius 3 is 2.67 bits per heavy atom. The summed E-state index contributed by atoms with van der Waals surface area (Å²) in [6, 6.07) is 11.8. The number of anilines is 2. The van der Waals surface area contributed by atoms with E-state index in [-0.39, 0.29) is 24.1 Å². The third-order valence-electron chi connectivity index (χ3n) is 4.26. The van der Waals surface area contributed by atoms with Crippen LogP contribution in [0.3, 0.4) is 0 Å². The molecule has 7 nitrogen and oxygen atoms in total. The average Bonchev–Trinajstić information content (AvgIpc) is 2.65. The van der Waals surface area contributed by atoms with Crippen LogP contribution in [0, 0.1) is 0 Å². The molecule has 140 valence electrons. The van der Waals surface area contributed by atoms with Crippen LogP contribution in [0.2, 0.25) is 0 Å². The molecule has 27 heavy (non-hydrogen) atoms. The molecule has 1 aliphatic rings. The van der Waals surface area contributed by atoms with E-state index in [9.17, 15) is 14.4 Å². The lowest BCUT2D eigenvalue weighted by Crippen LogP contribution is -2.47. The highest BCUT2D eigenvalue weighted by Gasteiger charge is 2.33. The first-order valence-corrected chi connectivity index (χ1v) is 8.46. The van der Waals surface area contributed by atoms with Gasteiger partial charge in [-0.3, -0.25) is 19.3 Å². The van der Waals surface area contributed by atoms with Crippen LogP contribution in [-0.2, 0) is 9.59 Å². The van der Waals surface area contributed by atoms with Crippen molar-refractivity contribution >= 4 is 29.0 Å². The van der Waals surface area contributed by atoms with Gasteiger partial charge in [-0.1, -0.05) is 12.1 Å². The fourth-order valence-electron chi connectivity index (χ4n) is 2.87. The summed E-state index contributed by atoms with van der Waals surface area (Å²) in [4.78, 5) is 38.2. The Morgan fingerprint density at radius 2 is 1.96 bits per heavy atom. The Hall–Kier alpha value is -3.35. The van der Waals surface area contributed by atoms with Crippen molar-refractivity contribution in [3.63, 3.8) is 0 Å². The van der Waals surface area contributed by atoms with Crippen molar-refractivity contribution < 1.29 is 23.9 Å². The van der Waals surface area contributed by atoms with Crippen LogP contribution in [0.15, 0.2) is 42.5 Å². The molecule has 0 aliphatic carbocycles. The van der Waals surface area contributed by atoms with Gasteiger partial charge in [0, 0.05) is 5.56 Å². The van der Waals surface area contributed by atoms with Gasteiger partial charge in [-0.05, 0) is 44.2 Å². The summed E-state index contributed by atoms with van der Waals surface area (Å²) in [7, 11) is 1.51. The van der Waals surface area contributed by atoms with Gasteiger partial charge < -0.3 is 14.8 Å².